The van der Waals surface area contributed by atoms with Crippen LogP contribution in [0.1, 0.15) is 19.3 Å². The predicted octanol–water partition coefficient (Wildman–Crippen LogP) is 0.0928. The molecule has 0 radical (unpaired) electrons. The van der Waals surface area contributed by atoms with Crippen LogP contribution in [0.25, 0.3) is 0 Å². The van der Waals surface area contributed by atoms with Crippen molar-refractivity contribution in [3.05, 3.63) is 0 Å². The molecule has 0 unspecified atom stereocenters. The number of hydrogen-bond donors (Lipinski definition) is 2. The molecule has 1 aliphatic rings. The molecule has 14 heavy (non-hydrogen) atoms. The van der Waals surface area contributed by atoms with Gasteiger partial charge in [-0.2, -0.15) is 0 Å². The standard InChI is InChI=1S/C9H17N3OS/c1-10-9(14)11-7-8(13)12-5-3-2-4-6-12/h2-7H2,1H3,(H2,10,11,14). The van der Waals surface area contributed by atoms with E-state index in [4.69, 9.17) is 12.2 Å². The van der Waals surface area contributed by atoms with Gasteiger partial charge in [-0.05, 0) is 31.5 Å². The molecule has 0 aromatic heterocycles. The van der Waals surface area contributed by atoms with E-state index in [9.17, 15) is 4.79 Å². The van der Waals surface area contributed by atoms with Gasteiger partial charge in [0.05, 0.1) is 6.54 Å². The Morgan fingerprint density at radius 1 is 1.36 bits per heavy atom. The molecule has 0 saturated carbocycles. The van der Waals surface area contributed by atoms with Crippen LogP contribution < -0.4 is 10.6 Å². The Kier molecular flexibility index (Phi) is 4.65. The first-order valence-corrected chi connectivity index (χ1v) is 5.38. The number of carbonyl (C=O) groups excluding carboxylic acids is 1. The minimum Gasteiger partial charge on any atom is -0.366 e. The smallest absolute Gasteiger partial charge is 0.241 e. The Balaban J connectivity index is 2.23. The first-order valence-electron chi connectivity index (χ1n) is 4.97. The van der Waals surface area contributed by atoms with Gasteiger partial charge >= 0.3 is 0 Å². The van der Waals surface area contributed by atoms with Gasteiger partial charge in [-0.25, -0.2) is 0 Å². The summed E-state index contributed by atoms with van der Waals surface area (Å²) in [6, 6.07) is 0. The zero-order chi connectivity index (χ0) is 10.4. The molecule has 1 fully saturated rings. The fourth-order valence-corrected chi connectivity index (χ4v) is 1.57. The van der Waals surface area contributed by atoms with E-state index < -0.39 is 0 Å². The summed E-state index contributed by atoms with van der Waals surface area (Å²) >= 11 is 4.88. The van der Waals surface area contributed by atoms with E-state index in [1.54, 1.807) is 7.05 Å². The van der Waals surface area contributed by atoms with Gasteiger partial charge in [0.1, 0.15) is 0 Å². The molecule has 0 aliphatic carbocycles. The van der Waals surface area contributed by atoms with E-state index in [-0.39, 0.29) is 5.91 Å². The first kappa shape index (κ1) is 11.2. The van der Waals surface area contributed by atoms with Crippen molar-refractivity contribution in [2.75, 3.05) is 26.7 Å². The summed E-state index contributed by atoms with van der Waals surface area (Å²) in [5, 5.41) is 6.15. The highest BCUT2D eigenvalue weighted by Crippen LogP contribution is 2.07. The van der Waals surface area contributed by atoms with Crippen molar-refractivity contribution in [2.24, 2.45) is 0 Å². The third kappa shape index (κ3) is 3.49. The minimum atomic E-state index is 0.141. The molecule has 1 rings (SSSR count). The van der Waals surface area contributed by atoms with Crippen molar-refractivity contribution in [1.82, 2.24) is 15.5 Å². The Morgan fingerprint density at radius 2 is 2.00 bits per heavy atom. The number of carbonyl (C=O) groups is 1. The lowest BCUT2D eigenvalue weighted by Gasteiger charge is -2.26. The van der Waals surface area contributed by atoms with Crippen LogP contribution in [0.3, 0.4) is 0 Å². The monoisotopic (exact) mass is 215 g/mol. The Morgan fingerprint density at radius 3 is 2.57 bits per heavy atom. The van der Waals surface area contributed by atoms with Crippen LogP contribution in [-0.4, -0.2) is 42.6 Å². The van der Waals surface area contributed by atoms with Gasteiger partial charge < -0.3 is 15.5 Å². The summed E-state index contributed by atoms with van der Waals surface area (Å²) in [5.41, 5.74) is 0. The number of amides is 1. The van der Waals surface area contributed by atoms with E-state index in [0.717, 1.165) is 25.9 Å². The van der Waals surface area contributed by atoms with Gasteiger partial charge in [-0.3, -0.25) is 4.79 Å². The van der Waals surface area contributed by atoms with E-state index >= 15 is 0 Å². The van der Waals surface area contributed by atoms with Crippen LogP contribution in [0.4, 0.5) is 0 Å². The fourth-order valence-electron chi connectivity index (χ4n) is 1.50. The molecule has 0 spiro atoms. The van der Waals surface area contributed by atoms with Gasteiger partial charge in [0.15, 0.2) is 5.11 Å². The van der Waals surface area contributed by atoms with Crippen molar-refractivity contribution in [2.45, 2.75) is 19.3 Å². The summed E-state index contributed by atoms with van der Waals surface area (Å²) in [5.74, 6) is 0.141. The maximum Gasteiger partial charge on any atom is 0.241 e. The van der Waals surface area contributed by atoms with Crippen LogP contribution in [0.5, 0.6) is 0 Å². The summed E-state index contributed by atoms with van der Waals surface area (Å²) in [4.78, 5) is 13.5. The molecule has 0 aromatic carbocycles. The van der Waals surface area contributed by atoms with Crippen LogP contribution in [-0.2, 0) is 4.79 Å². The van der Waals surface area contributed by atoms with Crippen LogP contribution in [0.15, 0.2) is 0 Å². The lowest BCUT2D eigenvalue weighted by Crippen LogP contribution is -2.44. The van der Waals surface area contributed by atoms with Crippen molar-refractivity contribution in [3.63, 3.8) is 0 Å². The molecule has 0 aromatic rings. The Hall–Kier alpha value is -0.840. The van der Waals surface area contributed by atoms with Crippen LogP contribution >= 0.6 is 12.2 Å². The third-order valence-corrected chi connectivity index (χ3v) is 2.68. The van der Waals surface area contributed by atoms with Crippen molar-refractivity contribution < 1.29 is 4.79 Å². The lowest BCUT2D eigenvalue weighted by atomic mass is 10.1. The number of thiocarbonyl (C=S) groups is 1. The van der Waals surface area contributed by atoms with Crippen molar-refractivity contribution >= 4 is 23.2 Å². The quantitative estimate of drug-likeness (QED) is 0.641. The fraction of sp³-hybridized carbons (Fsp3) is 0.778. The number of likely N-dealkylation sites (tertiary alicyclic amines) is 1. The predicted molar refractivity (Wildman–Crippen MR) is 60.1 cm³/mol. The van der Waals surface area contributed by atoms with Crippen molar-refractivity contribution in [1.29, 1.82) is 0 Å². The maximum absolute atomic E-state index is 11.6. The number of hydrogen-bond acceptors (Lipinski definition) is 2. The second-order valence-electron chi connectivity index (χ2n) is 3.37. The number of nitrogens with one attached hydrogen (secondary N) is 2. The van der Waals surface area contributed by atoms with Crippen LogP contribution in [0.2, 0.25) is 0 Å². The van der Waals surface area contributed by atoms with E-state index in [0.29, 0.717) is 11.7 Å². The minimum absolute atomic E-state index is 0.141. The van der Waals surface area contributed by atoms with E-state index in [1.165, 1.54) is 6.42 Å². The second kappa shape index (κ2) is 5.80. The molecular weight excluding hydrogens is 198 g/mol. The Labute approximate surface area is 90.0 Å². The van der Waals surface area contributed by atoms with Gasteiger partial charge in [-0.1, -0.05) is 0 Å². The molecule has 80 valence electrons. The largest absolute Gasteiger partial charge is 0.366 e. The number of nitrogens with zero attached hydrogens (tertiary/aromatic N) is 1. The SMILES string of the molecule is CNC(=S)NCC(=O)N1CCCCC1. The average molecular weight is 215 g/mol. The molecule has 1 saturated heterocycles. The highest BCUT2D eigenvalue weighted by Gasteiger charge is 2.15. The van der Waals surface area contributed by atoms with Gasteiger partial charge in [-0.15, -0.1) is 0 Å². The molecule has 0 atom stereocenters. The molecule has 1 heterocycles. The summed E-state index contributed by atoms with van der Waals surface area (Å²) < 4.78 is 0. The van der Waals surface area contributed by atoms with Gasteiger partial charge in [0.25, 0.3) is 0 Å². The summed E-state index contributed by atoms with van der Waals surface area (Å²) in [6.45, 7) is 2.10. The van der Waals surface area contributed by atoms with E-state index in [2.05, 4.69) is 10.6 Å². The third-order valence-electron chi connectivity index (χ3n) is 2.34. The molecule has 0 bridgehead atoms. The lowest BCUT2D eigenvalue weighted by molar-refractivity contribution is -0.130. The highest BCUT2D eigenvalue weighted by molar-refractivity contribution is 7.80. The van der Waals surface area contributed by atoms with Gasteiger partial charge in [0, 0.05) is 20.1 Å². The second-order valence-corrected chi connectivity index (χ2v) is 3.78. The number of piperidine rings is 1. The molecule has 2 N–H and O–H groups in total. The molecule has 4 nitrogen and oxygen atoms in total. The van der Waals surface area contributed by atoms with Crippen LogP contribution in [0, 0.1) is 0 Å². The highest BCUT2D eigenvalue weighted by atomic mass is 32.1. The topological polar surface area (TPSA) is 44.4 Å². The normalized spacial score (nSPS) is 16.2. The summed E-state index contributed by atoms with van der Waals surface area (Å²) in [6.07, 6.45) is 3.50. The molecular formula is C9H17N3OS. The summed E-state index contributed by atoms with van der Waals surface area (Å²) in [7, 11) is 1.74. The maximum atomic E-state index is 11.6. The van der Waals surface area contributed by atoms with Crippen molar-refractivity contribution in [3.8, 4) is 0 Å². The zero-order valence-corrected chi connectivity index (χ0v) is 9.32. The zero-order valence-electron chi connectivity index (χ0n) is 8.51. The molecule has 1 amide bonds. The molecule has 1 aliphatic heterocycles. The molecule has 5 heteroatoms. The van der Waals surface area contributed by atoms with Gasteiger partial charge in [0.2, 0.25) is 5.91 Å². The first-order chi connectivity index (χ1) is 6.74. The average Bonchev–Trinajstić information content (AvgIpc) is 2.26. The Bertz CT molecular complexity index is 214. The number of rotatable bonds is 2. The van der Waals surface area contributed by atoms with E-state index in [1.807, 2.05) is 4.90 Å².